The molecule has 2 aliphatic rings. The van der Waals surface area contributed by atoms with Gasteiger partial charge in [-0.2, -0.15) is 0 Å². The number of halogens is 3. The van der Waals surface area contributed by atoms with Crippen LogP contribution in [-0.2, 0) is 30.7 Å². The number of allylic oxidation sites excluding steroid dienone is 1. The number of aliphatic hydroxyl groups is 2. The van der Waals surface area contributed by atoms with Crippen LogP contribution < -0.4 is 9.05 Å². The first-order valence-corrected chi connectivity index (χ1v) is 14.6. The van der Waals surface area contributed by atoms with Crippen molar-refractivity contribution in [2.24, 2.45) is 0 Å². The van der Waals surface area contributed by atoms with E-state index < -0.39 is 61.9 Å². The molecule has 1 fully saturated rings. The molecule has 0 radical (unpaired) electrons. The second kappa shape index (κ2) is 11.6. The summed E-state index contributed by atoms with van der Waals surface area (Å²) < 4.78 is 51.8. The fourth-order valence-corrected chi connectivity index (χ4v) is 6.00. The van der Waals surface area contributed by atoms with Crippen molar-refractivity contribution in [3.05, 3.63) is 70.9 Å². The molecule has 210 valence electrons. The predicted molar refractivity (Wildman–Crippen MR) is 140 cm³/mol. The maximum absolute atomic E-state index is 14.5. The van der Waals surface area contributed by atoms with Crippen molar-refractivity contribution in [2.75, 3.05) is 6.61 Å². The van der Waals surface area contributed by atoms with Crippen molar-refractivity contribution in [1.82, 2.24) is 4.90 Å². The molecule has 1 saturated heterocycles. The highest BCUT2D eigenvalue weighted by Gasteiger charge is 2.62. The van der Waals surface area contributed by atoms with E-state index in [0.717, 1.165) is 17.3 Å². The molecular formula is C25H25ClF2NO8PS. The number of hydrogen-bond acceptors (Lipinski definition) is 9. The van der Waals surface area contributed by atoms with Gasteiger partial charge in [-0.3, -0.25) is 19.0 Å². The molecule has 0 aromatic heterocycles. The number of benzene rings is 2. The summed E-state index contributed by atoms with van der Waals surface area (Å²) in [7, 11) is 0. The molecule has 9 nitrogen and oxygen atoms in total. The van der Waals surface area contributed by atoms with E-state index in [9.17, 15) is 28.6 Å². The average Bonchev–Trinajstić information content (AvgIpc) is 3.14. The molecule has 4 rings (SSSR count). The molecule has 0 unspecified atom stereocenters. The Morgan fingerprint density at radius 2 is 1.59 bits per heavy atom. The number of aryl methyl sites for hydroxylation is 2. The van der Waals surface area contributed by atoms with Gasteiger partial charge in [0.05, 0.1) is 13.0 Å². The van der Waals surface area contributed by atoms with Crippen LogP contribution in [0.1, 0.15) is 17.5 Å². The third kappa shape index (κ3) is 6.33. The summed E-state index contributed by atoms with van der Waals surface area (Å²) in [5.74, 6) is -1.05. The number of rotatable bonds is 9. The van der Waals surface area contributed by atoms with Crippen LogP contribution in [-0.4, -0.2) is 63.9 Å². The fraction of sp³-hybridized carbons (Fsp3) is 0.360. The minimum atomic E-state index is -3.89. The Morgan fingerprint density at radius 3 is 2.08 bits per heavy atom. The van der Waals surface area contributed by atoms with E-state index in [1.54, 1.807) is 48.5 Å². The second-order valence-corrected chi connectivity index (χ2v) is 12.4. The molecule has 0 spiro atoms. The highest BCUT2D eigenvalue weighted by molar-refractivity contribution is 8.07. The van der Waals surface area contributed by atoms with E-state index >= 15 is 0 Å². The first-order chi connectivity index (χ1) is 18.3. The number of nitrogens with zero attached hydrogens (tertiary/aromatic N) is 1. The van der Waals surface area contributed by atoms with E-state index in [4.69, 9.17) is 41.7 Å². The lowest BCUT2D eigenvalue weighted by molar-refractivity contribution is -0.199. The van der Waals surface area contributed by atoms with Crippen LogP contribution in [0.4, 0.5) is 8.78 Å². The van der Waals surface area contributed by atoms with Crippen molar-refractivity contribution in [3.63, 3.8) is 0 Å². The Hall–Kier alpha value is -2.44. The van der Waals surface area contributed by atoms with Crippen LogP contribution in [0, 0.1) is 13.8 Å². The third-order valence-corrected chi connectivity index (χ3v) is 8.53. The number of ketones is 1. The zero-order valence-electron chi connectivity index (χ0n) is 20.7. The van der Waals surface area contributed by atoms with E-state index in [1.165, 1.54) is 0 Å². The van der Waals surface area contributed by atoms with Gasteiger partial charge in [0, 0.05) is 18.0 Å². The summed E-state index contributed by atoms with van der Waals surface area (Å²) in [5, 5.41) is 21.0. The summed E-state index contributed by atoms with van der Waals surface area (Å²) >= 11 is 11.4. The minimum absolute atomic E-state index is 0.247. The molecule has 39 heavy (non-hydrogen) atoms. The van der Waals surface area contributed by atoms with Crippen LogP contribution in [0.15, 0.2) is 59.8 Å². The fourth-order valence-electron chi connectivity index (χ4n) is 3.90. The molecule has 4 atom stereocenters. The number of alkyl halides is 2. The topological polar surface area (TPSA) is 115 Å². The summed E-state index contributed by atoms with van der Waals surface area (Å²) in [4.78, 5) is 24.8. The smallest absolute Gasteiger partial charge is 0.416 e. The number of amides is 1. The molecule has 2 aromatic rings. The van der Waals surface area contributed by atoms with Crippen molar-refractivity contribution >= 4 is 41.8 Å². The SMILES string of the molecule is Cc1ccc(OP(=S)(OC[C@@]2(C(F)F)O[C@@H](N3C=C(Cl)C(=O)CC3=O)[C@H](O)[C@H]2O)Oc2ccc(C)cc2)cc1. The Kier molecular flexibility index (Phi) is 8.77. The van der Waals surface area contributed by atoms with E-state index in [-0.39, 0.29) is 16.5 Å². The molecule has 0 saturated carbocycles. The van der Waals surface area contributed by atoms with Gasteiger partial charge in [-0.1, -0.05) is 47.0 Å². The molecule has 2 aromatic carbocycles. The van der Waals surface area contributed by atoms with Crippen LogP contribution >= 0.6 is 18.3 Å². The van der Waals surface area contributed by atoms with Gasteiger partial charge in [0.1, 0.15) is 28.7 Å². The number of carbonyl (C=O) groups is 2. The van der Waals surface area contributed by atoms with Crippen molar-refractivity contribution in [1.29, 1.82) is 0 Å². The van der Waals surface area contributed by atoms with E-state index in [2.05, 4.69) is 0 Å². The molecule has 2 heterocycles. The molecule has 1 amide bonds. The normalized spacial score (nSPS) is 25.7. The van der Waals surface area contributed by atoms with Crippen LogP contribution in [0.25, 0.3) is 0 Å². The third-order valence-electron chi connectivity index (χ3n) is 6.14. The Labute approximate surface area is 233 Å². The van der Waals surface area contributed by atoms with Gasteiger partial charge in [0.25, 0.3) is 6.43 Å². The van der Waals surface area contributed by atoms with Gasteiger partial charge in [-0.25, -0.2) is 8.78 Å². The lowest BCUT2D eigenvalue weighted by Crippen LogP contribution is -2.52. The maximum Gasteiger partial charge on any atom is 0.435 e. The minimum Gasteiger partial charge on any atom is -0.416 e. The molecule has 0 bridgehead atoms. The molecule has 14 heteroatoms. The Morgan fingerprint density at radius 1 is 1.08 bits per heavy atom. The van der Waals surface area contributed by atoms with Crippen LogP contribution in [0.2, 0.25) is 0 Å². The molecule has 0 aliphatic carbocycles. The first-order valence-electron chi connectivity index (χ1n) is 11.6. The van der Waals surface area contributed by atoms with E-state index in [1.807, 2.05) is 13.8 Å². The molecule has 2 aliphatic heterocycles. The number of hydrogen-bond donors (Lipinski definition) is 2. The van der Waals surface area contributed by atoms with Gasteiger partial charge in [-0.05, 0) is 38.1 Å². The number of carbonyl (C=O) groups excluding carboxylic acids is 2. The predicted octanol–water partition coefficient (Wildman–Crippen LogP) is 3.97. The van der Waals surface area contributed by atoms with Crippen LogP contribution in [0.3, 0.4) is 0 Å². The maximum atomic E-state index is 14.5. The molecular weight excluding hydrogens is 579 g/mol. The van der Waals surface area contributed by atoms with Gasteiger partial charge in [0.2, 0.25) is 5.91 Å². The van der Waals surface area contributed by atoms with Crippen molar-refractivity contribution in [2.45, 2.75) is 50.7 Å². The van der Waals surface area contributed by atoms with E-state index in [0.29, 0.717) is 4.90 Å². The first kappa shape index (κ1) is 29.5. The number of aliphatic hydroxyl groups excluding tert-OH is 2. The highest BCUT2D eigenvalue weighted by Crippen LogP contribution is 2.52. The van der Waals surface area contributed by atoms with Gasteiger partial charge < -0.3 is 24.0 Å². The van der Waals surface area contributed by atoms with Gasteiger partial charge in [-0.15, -0.1) is 0 Å². The Bertz CT molecular complexity index is 1260. The largest absolute Gasteiger partial charge is 0.435 e. The van der Waals surface area contributed by atoms with Gasteiger partial charge >= 0.3 is 6.72 Å². The number of ether oxygens (including phenoxy) is 1. The van der Waals surface area contributed by atoms with Gasteiger partial charge in [0.15, 0.2) is 17.6 Å². The summed E-state index contributed by atoms with van der Waals surface area (Å²) in [6, 6.07) is 13.4. The van der Waals surface area contributed by atoms with Crippen molar-refractivity contribution < 1.29 is 46.9 Å². The highest BCUT2D eigenvalue weighted by atomic mass is 35.5. The second-order valence-electron chi connectivity index (χ2n) is 9.11. The summed E-state index contributed by atoms with van der Waals surface area (Å²) in [5.41, 5.74) is -0.986. The zero-order valence-corrected chi connectivity index (χ0v) is 23.2. The lowest BCUT2D eigenvalue weighted by atomic mass is 9.96. The lowest BCUT2D eigenvalue weighted by Gasteiger charge is -2.34. The number of Topliss-reactive ketones (excluding diaryl/α,β-unsaturated/α-hetero) is 1. The average molecular weight is 604 g/mol. The molecule has 2 N–H and O–H groups in total. The summed E-state index contributed by atoms with van der Waals surface area (Å²) in [6.45, 7) is -1.25. The van der Waals surface area contributed by atoms with Crippen LogP contribution in [0.5, 0.6) is 11.5 Å². The zero-order chi connectivity index (χ0) is 28.5. The quantitative estimate of drug-likeness (QED) is 0.325. The van der Waals surface area contributed by atoms with Crippen molar-refractivity contribution in [3.8, 4) is 11.5 Å². The summed E-state index contributed by atoms with van der Waals surface area (Å²) in [6.07, 6.45) is -9.25. The Balaban J connectivity index is 1.62. The monoisotopic (exact) mass is 603 g/mol. The standard InChI is InChI=1S/C25H25ClF2NO8PS/c1-14-3-7-16(8-4-14)36-38(39,37-17-9-5-15(2)6-10-17)34-13-25(24(27)28)22(33)21(32)23(35-25)29-12-18(26)19(30)11-20(29)31/h3-10,12,21-24,32-33H,11,13H2,1-2H3/t21-,22-,23-,25-/m1/s1.